The minimum Gasteiger partial charge on any atom is -0.370 e. The molecule has 130 valence electrons. The minimum absolute atomic E-state index is 0.00758. The summed E-state index contributed by atoms with van der Waals surface area (Å²) in [6, 6.07) is 1.69. The second-order valence-corrected chi connectivity index (χ2v) is 6.01. The summed E-state index contributed by atoms with van der Waals surface area (Å²) < 4.78 is 5.13. The van der Waals surface area contributed by atoms with Gasteiger partial charge in [-0.25, -0.2) is 4.79 Å². The number of piperidine rings is 1. The van der Waals surface area contributed by atoms with Crippen molar-refractivity contribution in [3.05, 3.63) is 17.5 Å². The zero-order chi connectivity index (χ0) is 17.3. The number of nitrogens with one attached hydrogen (secondary N) is 3. The molecule has 0 spiro atoms. The molecule has 1 aromatic heterocycles. The monoisotopic (exact) mass is 335 g/mol. The highest BCUT2D eigenvalue weighted by molar-refractivity contribution is 5.91. The number of nitrogens with zero attached hydrogens (tertiary/aromatic N) is 3. The molecule has 2 fully saturated rings. The maximum absolute atomic E-state index is 12.2. The summed E-state index contributed by atoms with van der Waals surface area (Å²) in [5, 5.41) is 16.2. The van der Waals surface area contributed by atoms with Crippen LogP contribution in [0.4, 0.5) is 4.79 Å². The summed E-state index contributed by atoms with van der Waals surface area (Å²) in [7, 11) is 1.81. The van der Waals surface area contributed by atoms with Crippen LogP contribution in [0.1, 0.15) is 35.1 Å². The van der Waals surface area contributed by atoms with Crippen LogP contribution in [0.5, 0.6) is 0 Å². The number of likely N-dealkylation sites (N-methyl/N-ethyl adjacent to an activating group) is 1. The molecular weight excluding hydrogens is 314 g/mol. The number of urea groups is 1. The first-order valence-corrected chi connectivity index (χ1v) is 7.83. The number of hydrogen-bond donors (Lipinski definition) is 4. The third kappa shape index (κ3) is 2.99. The number of amides is 3. The Bertz CT molecular complexity index is 659. The summed E-state index contributed by atoms with van der Waals surface area (Å²) in [6.45, 7) is 1.33. The van der Waals surface area contributed by atoms with E-state index >= 15 is 0 Å². The SMILES string of the molecule is CN1C(=O)N2C[C@H]1CC[C@H]2c1cc(C(=O)NCCNC(=N)N)on1. The van der Waals surface area contributed by atoms with Crippen LogP contribution >= 0.6 is 0 Å². The number of rotatable bonds is 5. The quantitative estimate of drug-likeness (QED) is 0.323. The van der Waals surface area contributed by atoms with E-state index in [0.29, 0.717) is 25.3 Å². The molecule has 2 bridgehead atoms. The van der Waals surface area contributed by atoms with Crippen LogP contribution in [0.25, 0.3) is 0 Å². The lowest BCUT2D eigenvalue weighted by atomic mass is 9.98. The molecule has 2 saturated heterocycles. The van der Waals surface area contributed by atoms with Crippen molar-refractivity contribution in [1.82, 2.24) is 25.6 Å². The Kier molecular flexibility index (Phi) is 4.28. The molecule has 2 atom stereocenters. The van der Waals surface area contributed by atoms with Crippen LogP contribution in [0.2, 0.25) is 0 Å². The van der Waals surface area contributed by atoms with E-state index in [-0.39, 0.29) is 29.8 Å². The van der Waals surface area contributed by atoms with E-state index in [1.807, 2.05) is 7.05 Å². The summed E-state index contributed by atoms with van der Waals surface area (Å²) in [4.78, 5) is 27.8. The number of hydrogen-bond acceptors (Lipinski definition) is 5. The third-order valence-electron chi connectivity index (χ3n) is 4.47. The van der Waals surface area contributed by atoms with Gasteiger partial charge in [0, 0.05) is 32.7 Å². The second kappa shape index (κ2) is 6.38. The van der Waals surface area contributed by atoms with Crippen molar-refractivity contribution in [1.29, 1.82) is 5.41 Å². The fraction of sp³-hybridized carbons (Fsp3) is 0.571. The molecule has 3 amide bonds. The minimum atomic E-state index is -0.391. The topological polar surface area (TPSA) is 141 Å². The smallest absolute Gasteiger partial charge is 0.320 e. The van der Waals surface area contributed by atoms with E-state index in [1.54, 1.807) is 15.9 Å². The van der Waals surface area contributed by atoms with Crippen LogP contribution in [0.3, 0.4) is 0 Å². The normalized spacial score (nSPS) is 22.6. The maximum Gasteiger partial charge on any atom is 0.320 e. The largest absolute Gasteiger partial charge is 0.370 e. The third-order valence-corrected chi connectivity index (χ3v) is 4.47. The van der Waals surface area contributed by atoms with Gasteiger partial charge in [0.05, 0.1) is 12.1 Å². The van der Waals surface area contributed by atoms with Crippen molar-refractivity contribution in [3.8, 4) is 0 Å². The van der Waals surface area contributed by atoms with Gasteiger partial charge >= 0.3 is 6.03 Å². The Morgan fingerprint density at radius 3 is 2.96 bits per heavy atom. The molecule has 0 aromatic carbocycles. The van der Waals surface area contributed by atoms with Crippen molar-refractivity contribution in [2.75, 3.05) is 26.7 Å². The summed E-state index contributed by atoms with van der Waals surface area (Å²) in [5.74, 6) is -0.436. The van der Waals surface area contributed by atoms with Crippen molar-refractivity contribution in [2.24, 2.45) is 5.73 Å². The lowest BCUT2D eigenvalue weighted by Crippen LogP contribution is -2.37. The van der Waals surface area contributed by atoms with Gasteiger partial charge in [0.25, 0.3) is 5.91 Å². The van der Waals surface area contributed by atoms with Crippen molar-refractivity contribution in [3.63, 3.8) is 0 Å². The van der Waals surface area contributed by atoms with Gasteiger partial charge in [-0.1, -0.05) is 5.16 Å². The lowest BCUT2D eigenvalue weighted by Gasteiger charge is -2.28. The number of aromatic nitrogens is 1. The molecular formula is C14H21N7O3. The molecule has 3 rings (SSSR count). The second-order valence-electron chi connectivity index (χ2n) is 6.01. The van der Waals surface area contributed by atoms with E-state index in [2.05, 4.69) is 15.8 Å². The Balaban J connectivity index is 1.60. The van der Waals surface area contributed by atoms with E-state index in [9.17, 15) is 9.59 Å². The summed E-state index contributed by atoms with van der Waals surface area (Å²) >= 11 is 0. The Morgan fingerprint density at radius 2 is 2.21 bits per heavy atom. The Labute approximate surface area is 138 Å². The highest BCUT2D eigenvalue weighted by Crippen LogP contribution is 2.37. The van der Waals surface area contributed by atoms with Crippen LogP contribution in [0.15, 0.2) is 10.6 Å². The number of fused-ring (bicyclic) bond motifs is 2. The molecule has 0 aliphatic carbocycles. The van der Waals surface area contributed by atoms with E-state index < -0.39 is 5.91 Å². The molecule has 2 aliphatic heterocycles. The molecule has 5 N–H and O–H groups in total. The van der Waals surface area contributed by atoms with Gasteiger partial charge in [-0.05, 0) is 12.8 Å². The van der Waals surface area contributed by atoms with Gasteiger partial charge in [-0.15, -0.1) is 0 Å². The molecule has 1 aromatic rings. The molecule has 2 aliphatic rings. The lowest BCUT2D eigenvalue weighted by molar-refractivity contribution is 0.0917. The fourth-order valence-corrected chi connectivity index (χ4v) is 3.16. The molecule has 0 radical (unpaired) electrons. The molecule has 0 saturated carbocycles. The van der Waals surface area contributed by atoms with Gasteiger partial charge in [-0.3, -0.25) is 10.2 Å². The number of carbonyl (C=O) groups is 2. The molecule has 24 heavy (non-hydrogen) atoms. The van der Waals surface area contributed by atoms with Crippen molar-refractivity contribution >= 4 is 17.9 Å². The number of guanidine groups is 1. The zero-order valence-corrected chi connectivity index (χ0v) is 13.4. The first kappa shape index (κ1) is 16.1. The van der Waals surface area contributed by atoms with E-state index in [1.165, 1.54) is 0 Å². The predicted octanol–water partition coefficient (Wildman–Crippen LogP) is -0.542. The molecule has 10 heteroatoms. The van der Waals surface area contributed by atoms with Gasteiger partial charge in [0.15, 0.2) is 5.96 Å². The fourth-order valence-electron chi connectivity index (χ4n) is 3.16. The van der Waals surface area contributed by atoms with Gasteiger partial charge in [-0.2, -0.15) is 0 Å². The Morgan fingerprint density at radius 1 is 1.46 bits per heavy atom. The van der Waals surface area contributed by atoms with E-state index in [4.69, 9.17) is 15.7 Å². The summed E-state index contributed by atoms with van der Waals surface area (Å²) in [5.41, 5.74) is 5.75. The van der Waals surface area contributed by atoms with Gasteiger partial charge in [0.1, 0.15) is 5.69 Å². The number of nitrogens with two attached hydrogens (primary N) is 1. The van der Waals surface area contributed by atoms with Crippen LogP contribution in [-0.2, 0) is 0 Å². The highest BCUT2D eigenvalue weighted by atomic mass is 16.5. The van der Waals surface area contributed by atoms with Crippen LogP contribution in [-0.4, -0.2) is 65.6 Å². The Hall–Kier alpha value is -2.78. The average Bonchev–Trinajstić information content (AvgIpc) is 3.13. The van der Waals surface area contributed by atoms with E-state index in [0.717, 1.165) is 12.8 Å². The molecule has 0 unspecified atom stereocenters. The van der Waals surface area contributed by atoms with Crippen LogP contribution in [0, 0.1) is 5.41 Å². The van der Waals surface area contributed by atoms with Gasteiger partial charge < -0.3 is 30.7 Å². The van der Waals surface area contributed by atoms with Crippen molar-refractivity contribution < 1.29 is 14.1 Å². The standard InChI is InChI=1S/C14H21N7O3/c1-20-8-2-3-10(21(7-8)14(20)23)9-6-11(24-19-9)12(22)17-4-5-18-13(15)16/h6,8,10H,2-5,7H2,1H3,(H,17,22)(H4,15,16,18)/t8-,10+/m1/s1. The van der Waals surface area contributed by atoms with Gasteiger partial charge in [0.2, 0.25) is 5.76 Å². The molecule has 3 heterocycles. The summed E-state index contributed by atoms with van der Waals surface area (Å²) in [6.07, 6.45) is 1.71. The highest BCUT2D eigenvalue weighted by Gasteiger charge is 2.44. The first-order chi connectivity index (χ1) is 11.5. The zero-order valence-electron chi connectivity index (χ0n) is 13.4. The van der Waals surface area contributed by atoms with Crippen molar-refractivity contribution in [2.45, 2.75) is 24.9 Å². The number of carbonyl (C=O) groups excluding carboxylic acids is 2. The maximum atomic E-state index is 12.2. The van der Waals surface area contributed by atoms with Crippen LogP contribution < -0.4 is 16.4 Å². The first-order valence-electron chi connectivity index (χ1n) is 7.83. The molecule has 10 nitrogen and oxygen atoms in total. The average molecular weight is 335 g/mol. The predicted molar refractivity (Wildman–Crippen MR) is 84.4 cm³/mol.